The van der Waals surface area contributed by atoms with Crippen LogP contribution >= 0.6 is 0 Å². The Kier molecular flexibility index (Phi) is 5.39. The van der Waals surface area contributed by atoms with E-state index in [-0.39, 0.29) is 11.8 Å². The number of hydrogen-bond acceptors (Lipinski definition) is 4. The normalized spacial score (nSPS) is 17.0. The smallest absolute Gasteiger partial charge is 0.223 e. The van der Waals surface area contributed by atoms with E-state index < -0.39 is 10.0 Å². The van der Waals surface area contributed by atoms with Crippen LogP contribution < -0.4 is 5.32 Å². The summed E-state index contributed by atoms with van der Waals surface area (Å²) in [5, 5.41) is 2.97. The van der Waals surface area contributed by atoms with Gasteiger partial charge in [-0.15, -0.1) is 0 Å². The maximum atomic E-state index is 12.2. The number of nitrogens with zero attached hydrogens (tertiary/aromatic N) is 3. The molecule has 1 fully saturated rings. The second-order valence-electron chi connectivity index (χ2n) is 6.50. The van der Waals surface area contributed by atoms with Crippen LogP contribution in [0.2, 0.25) is 0 Å². The number of carbonyl (C=O) groups excluding carboxylic acids is 1. The molecule has 1 amide bonds. The average Bonchev–Trinajstić information content (AvgIpc) is 3.01. The first kappa shape index (κ1) is 17.9. The van der Waals surface area contributed by atoms with E-state index in [4.69, 9.17) is 0 Å². The molecule has 1 N–H and O–H groups in total. The zero-order chi connectivity index (χ0) is 17.9. The summed E-state index contributed by atoms with van der Waals surface area (Å²) < 4.78 is 26.5. The van der Waals surface area contributed by atoms with Gasteiger partial charge in [0.15, 0.2) is 0 Å². The highest BCUT2D eigenvalue weighted by Gasteiger charge is 2.28. The van der Waals surface area contributed by atoms with E-state index in [0.29, 0.717) is 32.5 Å². The van der Waals surface area contributed by atoms with E-state index in [9.17, 15) is 13.2 Å². The van der Waals surface area contributed by atoms with Crippen molar-refractivity contribution in [1.82, 2.24) is 19.0 Å². The minimum absolute atomic E-state index is 0.0288. The van der Waals surface area contributed by atoms with E-state index in [2.05, 4.69) is 14.7 Å². The van der Waals surface area contributed by atoms with Crippen LogP contribution in [0.4, 0.5) is 0 Å². The first-order valence-corrected chi connectivity index (χ1v) is 10.4. The standard InChI is InChI=1S/C17H24N4O3S/c1-25(23,24)20-11-7-14(8-12-20)17(22)18-9-4-6-16-19-13-15-5-2-3-10-21(15)16/h2-3,5,10,13-14H,4,6-9,11-12H2,1H3,(H,18,22). The van der Waals surface area contributed by atoms with Gasteiger partial charge in [0.1, 0.15) is 5.82 Å². The van der Waals surface area contributed by atoms with Gasteiger partial charge in [-0.2, -0.15) is 0 Å². The first-order valence-electron chi connectivity index (χ1n) is 8.59. The Hall–Kier alpha value is -1.93. The third kappa shape index (κ3) is 4.38. The second kappa shape index (κ2) is 7.53. The molecule has 2 aromatic heterocycles. The van der Waals surface area contributed by atoms with Gasteiger partial charge in [0.05, 0.1) is 18.0 Å². The second-order valence-corrected chi connectivity index (χ2v) is 8.48. The van der Waals surface area contributed by atoms with E-state index in [1.165, 1.54) is 10.6 Å². The lowest BCUT2D eigenvalue weighted by molar-refractivity contribution is -0.126. The first-order chi connectivity index (χ1) is 11.9. The van der Waals surface area contributed by atoms with E-state index >= 15 is 0 Å². The van der Waals surface area contributed by atoms with E-state index in [0.717, 1.165) is 24.2 Å². The fourth-order valence-electron chi connectivity index (χ4n) is 3.24. The third-order valence-electron chi connectivity index (χ3n) is 4.69. The molecule has 0 aromatic carbocycles. The summed E-state index contributed by atoms with van der Waals surface area (Å²) in [6.07, 6.45) is 7.85. The SMILES string of the molecule is CS(=O)(=O)N1CCC(C(=O)NCCCc2ncc3ccccn23)CC1. The number of amides is 1. The summed E-state index contributed by atoms with van der Waals surface area (Å²) in [5.41, 5.74) is 1.07. The topological polar surface area (TPSA) is 83.8 Å². The van der Waals surface area contributed by atoms with Crippen LogP contribution in [0.15, 0.2) is 30.6 Å². The van der Waals surface area contributed by atoms with Crippen molar-refractivity contribution in [3.63, 3.8) is 0 Å². The summed E-state index contributed by atoms with van der Waals surface area (Å²) in [5.74, 6) is 0.928. The number of pyridine rings is 1. The minimum atomic E-state index is -3.15. The highest BCUT2D eigenvalue weighted by molar-refractivity contribution is 7.88. The Morgan fingerprint density at radius 3 is 2.80 bits per heavy atom. The maximum Gasteiger partial charge on any atom is 0.223 e. The molecule has 0 spiro atoms. The van der Waals surface area contributed by atoms with Crippen molar-refractivity contribution < 1.29 is 13.2 Å². The number of piperidine rings is 1. The molecule has 1 aliphatic heterocycles. The van der Waals surface area contributed by atoms with Gasteiger partial charge < -0.3 is 9.72 Å². The fourth-order valence-corrected chi connectivity index (χ4v) is 4.11. The summed E-state index contributed by atoms with van der Waals surface area (Å²) in [7, 11) is -3.15. The van der Waals surface area contributed by atoms with Crippen LogP contribution in [0.25, 0.3) is 5.52 Å². The van der Waals surface area contributed by atoms with Gasteiger partial charge >= 0.3 is 0 Å². The Bertz CT molecular complexity index is 838. The van der Waals surface area contributed by atoms with Crippen LogP contribution in [0.1, 0.15) is 25.1 Å². The zero-order valence-electron chi connectivity index (χ0n) is 14.4. The molecule has 0 bridgehead atoms. The monoisotopic (exact) mass is 364 g/mol. The van der Waals surface area contributed by atoms with Crippen molar-refractivity contribution in [1.29, 1.82) is 0 Å². The minimum Gasteiger partial charge on any atom is -0.356 e. The molecule has 0 unspecified atom stereocenters. The lowest BCUT2D eigenvalue weighted by Gasteiger charge is -2.29. The molecule has 1 aliphatic rings. The maximum absolute atomic E-state index is 12.2. The molecular formula is C17H24N4O3S. The third-order valence-corrected chi connectivity index (χ3v) is 5.99. The zero-order valence-corrected chi connectivity index (χ0v) is 15.2. The molecule has 0 atom stereocenters. The molecule has 0 radical (unpaired) electrons. The van der Waals surface area contributed by atoms with Gasteiger partial charge in [-0.25, -0.2) is 17.7 Å². The molecule has 7 nitrogen and oxygen atoms in total. The van der Waals surface area contributed by atoms with Crippen LogP contribution in [0, 0.1) is 5.92 Å². The summed E-state index contributed by atoms with van der Waals surface area (Å²) in [4.78, 5) is 16.6. The number of aromatic nitrogens is 2. The van der Waals surface area contributed by atoms with Crippen molar-refractivity contribution in [3.8, 4) is 0 Å². The number of hydrogen-bond donors (Lipinski definition) is 1. The van der Waals surface area contributed by atoms with Crippen molar-refractivity contribution in [2.24, 2.45) is 5.92 Å². The molecule has 2 aromatic rings. The lowest BCUT2D eigenvalue weighted by atomic mass is 9.97. The van der Waals surface area contributed by atoms with Crippen molar-refractivity contribution in [2.45, 2.75) is 25.7 Å². The number of imidazole rings is 1. The summed E-state index contributed by atoms with van der Waals surface area (Å²) in [6.45, 7) is 1.46. The number of rotatable bonds is 6. The Morgan fingerprint density at radius 2 is 2.08 bits per heavy atom. The average molecular weight is 364 g/mol. The molecule has 0 saturated carbocycles. The lowest BCUT2D eigenvalue weighted by Crippen LogP contribution is -2.42. The number of sulfonamides is 1. The van der Waals surface area contributed by atoms with Crippen molar-refractivity contribution >= 4 is 21.4 Å². The predicted molar refractivity (Wildman–Crippen MR) is 95.7 cm³/mol. The molecule has 8 heteroatoms. The number of nitrogens with one attached hydrogen (secondary N) is 1. The van der Waals surface area contributed by atoms with Gasteiger partial charge in [-0.1, -0.05) is 6.07 Å². The van der Waals surface area contributed by atoms with Gasteiger partial charge in [-0.05, 0) is 31.4 Å². The van der Waals surface area contributed by atoms with E-state index in [1.54, 1.807) is 0 Å². The molecule has 1 saturated heterocycles. The highest BCUT2D eigenvalue weighted by atomic mass is 32.2. The molecule has 3 rings (SSSR count). The highest BCUT2D eigenvalue weighted by Crippen LogP contribution is 2.19. The van der Waals surface area contributed by atoms with Gasteiger partial charge in [-0.3, -0.25) is 4.79 Å². The van der Waals surface area contributed by atoms with Gasteiger partial charge in [0, 0.05) is 38.2 Å². The largest absolute Gasteiger partial charge is 0.356 e. The van der Waals surface area contributed by atoms with Gasteiger partial charge in [0.25, 0.3) is 0 Å². The number of aryl methyl sites for hydroxylation is 1. The molecular weight excluding hydrogens is 340 g/mol. The summed E-state index contributed by atoms with van der Waals surface area (Å²) >= 11 is 0. The Labute approximate surface area is 148 Å². The molecule has 25 heavy (non-hydrogen) atoms. The Morgan fingerprint density at radius 1 is 1.32 bits per heavy atom. The Balaban J connectivity index is 1.41. The van der Waals surface area contributed by atoms with Crippen molar-refractivity contribution in [3.05, 3.63) is 36.4 Å². The molecule has 0 aliphatic carbocycles. The molecule has 3 heterocycles. The van der Waals surface area contributed by atoms with Crippen LogP contribution in [0.3, 0.4) is 0 Å². The molecule has 136 valence electrons. The number of carbonyl (C=O) groups is 1. The fraction of sp³-hybridized carbons (Fsp3) is 0.529. The van der Waals surface area contributed by atoms with Crippen LogP contribution in [-0.2, 0) is 21.2 Å². The van der Waals surface area contributed by atoms with Crippen molar-refractivity contribution in [2.75, 3.05) is 25.9 Å². The van der Waals surface area contributed by atoms with Crippen LogP contribution in [0.5, 0.6) is 0 Å². The van der Waals surface area contributed by atoms with Crippen LogP contribution in [-0.4, -0.2) is 53.9 Å². The predicted octanol–water partition coefficient (Wildman–Crippen LogP) is 1.05. The quantitative estimate of drug-likeness (QED) is 0.777. The van der Waals surface area contributed by atoms with E-state index in [1.807, 2.05) is 30.6 Å². The summed E-state index contributed by atoms with van der Waals surface area (Å²) in [6, 6.07) is 5.97. The van der Waals surface area contributed by atoms with Gasteiger partial charge in [0.2, 0.25) is 15.9 Å². The number of fused-ring (bicyclic) bond motifs is 1.